The molecule has 4 heterocycles. The number of fused-ring (bicyclic) bond motifs is 1. The fourth-order valence-corrected chi connectivity index (χ4v) is 3.98. The minimum atomic E-state index is -3.08. The molecule has 0 radical (unpaired) electrons. The molecule has 0 unspecified atom stereocenters. The summed E-state index contributed by atoms with van der Waals surface area (Å²) in [6, 6.07) is 4.78. The van der Waals surface area contributed by atoms with Gasteiger partial charge >= 0.3 is 0 Å². The lowest BCUT2D eigenvalue weighted by Gasteiger charge is -2.29. The second kappa shape index (κ2) is 8.76. The van der Waals surface area contributed by atoms with E-state index in [2.05, 4.69) is 24.9 Å². The highest BCUT2D eigenvalue weighted by Crippen LogP contribution is 2.38. The molecule has 1 aromatic carbocycles. The van der Waals surface area contributed by atoms with E-state index in [0.29, 0.717) is 12.0 Å². The predicted octanol–water partition coefficient (Wildman–Crippen LogP) is 5.63. The summed E-state index contributed by atoms with van der Waals surface area (Å²) in [5.74, 6) is -3.85. The largest absolute Gasteiger partial charge is 0.373 e. The average Bonchev–Trinajstić information content (AvgIpc) is 2.95. The number of ether oxygens (including phenoxy) is 1. The highest BCUT2D eigenvalue weighted by molar-refractivity contribution is 5.87. The van der Waals surface area contributed by atoms with Crippen LogP contribution >= 0.6 is 0 Å². The maximum atomic E-state index is 15.6. The number of hydrogen-bond acceptors (Lipinski definition) is 6. The molecule has 8 heteroatoms. The van der Waals surface area contributed by atoms with Crippen LogP contribution < -0.4 is 0 Å². The van der Waals surface area contributed by atoms with Gasteiger partial charge in [0.15, 0.2) is 17.3 Å². The first kappa shape index (κ1) is 12.4. The Bertz CT molecular complexity index is 1810. The number of aromatic nitrogens is 5. The van der Waals surface area contributed by atoms with Crippen molar-refractivity contribution >= 4 is 11.2 Å². The van der Waals surface area contributed by atoms with Gasteiger partial charge in [-0.2, -0.15) is 0 Å². The molecule has 5 rings (SSSR count). The molecular weight excluding hydrogens is 436 g/mol. The van der Waals surface area contributed by atoms with Gasteiger partial charge in [0.05, 0.1) is 17.5 Å². The standard InChI is InChI=1S/C26H25F2N5O/c1-13-5-6-19(22(28)21(13)27)23-24-26(31-16(4)15(3)30-24)33-25(32-23)18-8-10-34-20(12-18)17-7-9-29-14(2)11-17/h5-7,9,11,18,20H,8,10,12H2,1-4H3/t18-,20+/m0/s1/i1D3,2D3,3D3,4D3. The summed E-state index contributed by atoms with van der Waals surface area (Å²) in [4.78, 5) is 20.8. The molecule has 2 atom stereocenters. The molecule has 174 valence electrons. The molecule has 3 aromatic heterocycles. The zero-order valence-corrected chi connectivity index (χ0v) is 17.6. The van der Waals surface area contributed by atoms with Crippen LogP contribution in [0.2, 0.25) is 0 Å². The van der Waals surface area contributed by atoms with Crippen molar-refractivity contribution in [3.63, 3.8) is 0 Å². The number of benzene rings is 1. The van der Waals surface area contributed by atoms with Crippen molar-refractivity contribution in [3.8, 4) is 11.3 Å². The van der Waals surface area contributed by atoms with Gasteiger partial charge in [-0.3, -0.25) is 4.98 Å². The van der Waals surface area contributed by atoms with Crippen LogP contribution in [0.3, 0.4) is 0 Å². The Balaban J connectivity index is 1.72. The van der Waals surface area contributed by atoms with E-state index in [1.54, 1.807) is 6.07 Å². The van der Waals surface area contributed by atoms with Crippen molar-refractivity contribution in [1.82, 2.24) is 24.9 Å². The molecule has 1 aliphatic heterocycles. The third kappa shape index (κ3) is 4.03. The molecule has 1 aliphatic rings. The SMILES string of the molecule is [2H]C([2H])([2H])c1cc([C@H]2C[C@@H](c3nc(-c4ccc(C([2H])([2H])[2H])c(F)c4F)c4nc(C([2H])([2H])[2H])c(C([2H])([2H])[2H])nc4n3)CCO2)ccn1. The molecule has 0 bridgehead atoms. The summed E-state index contributed by atoms with van der Waals surface area (Å²) in [6.45, 7) is -11.4. The Kier molecular flexibility index (Phi) is 3.18. The highest BCUT2D eigenvalue weighted by Gasteiger charge is 2.29. The van der Waals surface area contributed by atoms with E-state index < -0.39 is 90.4 Å². The van der Waals surface area contributed by atoms with Crippen LogP contribution in [-0.4, -0.2) is 31.5 Å². The summed E-state index contributed by atoms with van der Waals surface area (Å²) in [5, 5.41) is 0. The average molecular weight is 474 g/mol. The molecule has 0 spiro atoms. The Morgan fingerprint density at radius 3 is 2.68 bits per heavy atom. The second-order valence-corrected chi connectivity index (χ2v) is 7.87. The van der Waals surface area contributed by atoms with Crippen LogP contribution in [0.4, 0.5) is 8.78 Å². The van der Waals surface area contributed by atoms with Crippen molar-refractivity contribution in [2.24, 2.45) is 0 Å². The molecule has 0 N–H and O–H groups in total. The molecule has 0 amide bonds. The topological polar surface area (TPSA) is 73.7 Å². The Morgan fingerprint density at radius 2 is 1.85 bits per heavy atom. The van der Waals surface area contributed by atoms with E-state index in [-0.39, 0.29) is 24.5 Å². The summed E-state index contributed by atoms with van der Waals surface area (Å²) in [7, 11) is 0. The van der Waals surface area contributed by atoms with Gasteiger partial charge in [0, 0.05) is 46.4 Å². The van der Waals surface area contributed by atoms with Gasteiger partial charge in [-0.25, -0.2) is 28.7 Å². The Morgan fingerprint density at radius 1 is 0.971 bits per heavy atom. The maximum absolute atomic E-state index is 15.6. The van der Waals surface area contributed by atoms with Crippen LogP contribution in [-0.2, 0) is 4.74 Å². The van der Waals surface area contributed by atoms with E-state index in [1.165, 1.54) is 12.3 Å². The highest BCUT2D eigenvalue weighted by atomic mass is 19.2. The van der Waals surface area contributed by atoms with Gasteiger partial charge in [0.2, 0.25) is 0 Å². The quantitative estimate of drug-likeness (QED) is 0.384. The minimum absolute atomic E-state index is 0.00645. The lowest BCUT2D eigenvalue weighted by atomic mass is 9.91. The molecular formula is C26H25F2N5O. The number of halogens is 2. The third-order valence-electron chi connectivity index (χ3n) is 5.69. The van der Waals surface area contributed by atoms with E-state index in [9.17, 15) is 0 Å². The number of pyridine rings is 1. The first-order valence-electron chi connectivity index (χ1n) is 16.3. The molecule has 1 fully saturated rings. The van der Waals surface area contributed by atoms with Crippen molar-refractivity contribution in [3.05, 3.63) is 76.1 Å². The van der Waals surface area contributed by atoms with Crippen LogP contribution in [0.25, 0.3) is 22.4 Å². The van der Waals surface area contributed by atoms with Crippen LogP contribution in [0, 0.1) is 39.0 Å². The zero-order chi connectivity index (χ0) is 34.0. The zero-order valence-electron chi connectivity index (χ0n) is 29.6. The summed E-state index contributed by atoms with van der Waals surface area (Å²) < 4.78 is 129. The number of nitrogens with zero attached hydrogens (tertiary/aromatic N) is 5. The van der Waals surface area contributed by atoms with Crippen molar-refractivity contribution in [1.29, 1.82) is 0 Å². The van der Waals surface area contributed by atoms with E-state index in [0.717, 1.165) is 12.1 Å². The molecule has 6 nitrogen and oxygen atoms in total. The van der Waals surface area contributed by atoms with Crippen molar-refractivity contribution in [2.45, 2.75) is 52.3 Å². The number of hydrogen-bond donors (Lipinski definition) is 0. The van der Waals surface area contributed by atoms with E-state index in [1.807, 2.05) is 0 Å². The first-order valence-corrected chi connectivity index (χ1v) is 10.3. The third-order valence-corrected chi connectivity index (χ3v) is 5.69. The van der Waals surface area contributed by atoms with Crippen LogP contribution in [0.15, 0.2) is 30.5 Å². The van der Waals surface area contributed by atoms with Gasteiger partial charge in [-0.05, 0) is 69.6 Å². The van der Waals surface area contributed by atoms with Gasteiger partial charge in [0.25, 0.3) is 0 Å². The van der Waals surface area contributed by atoms with Gasteiger partial charge in [0.1, 0.15) is 17.0 Å². The van der Waals surface area contributed by atoms with Crippen molar-refractivity contribution in [2.75, 3.05) is 6.61 Å². The van der Waals surface area contributed by atoms with E-state index >= 15 is 8.78 Å². The molecule has 0 aliphatic carbocycles. The van der Waals surface area contributed by atoms with Gasteiger partial charge in [-0.1, -0.05) is 6.07 Å². The maximum Gasteiger partial charge on any atom is 0.182 e. The second-order valence-electron chi connectivity index (χ2n) is 7.87. The molecule has 0 saturated carbocycles. The lowest BCUT2D eigenvalue weighted by molar-refractivity contribution is 0.00393. The van der Waals surface area contributed by atoms with Crippen LogP contribution in [0.1, 0.15) is 75.3 Å². The molecule has 1 saturated heterocycles. The minimum Gasteiger partial charge on any atom is -0.373 e. The monoisotopic (exact) mass is 473 g/mol. The van der Waals surface area contributed by atoms with Crippen molar-refractivity contribution < 1.29 is 30.0 Å². The van der Waals surface area contributed by atoms with E-state index in [4.69, 9.17) is 21.2 Å². The molecule has 34 heavy (non-hydrogen) atoms. The lowest BCUT2D eigenvalue weighted by Crippen LogP contribution is -2.21. The van der Waals surface area contributed by atoms with Gasteiger partial charge < -0.3 is 4.74 Å². The fraction of sp³-hybridized carbons (Fsp3) is 0.346. The summed E-state index contributed by atoms with van der Waals surface area (Å²) in [6.07, 6.45) is 1.17. The smallest absolute Gasteiger partial charge is 0.182 e. The Labute approximate surface area is 213 Å². The molecule has 4 aromatic rings. The van der Waals surface area contributed by atoms with Gasteiger partial charge in [-0.15, -0.1) is 0 Å². The summed E-state index contributed by atoms with van der Waals surface area (Å²) in [5.41, 5.74) is -4.16. The van der Waals surface area contributed by atoms with Crippen LogP contribution in [0.5, 0.6) is 0 Å². The normalized spacial score (nSPS) is 25.1. The Hall–Kier alpha value is -3.39. The fourth-order valence-electron chi connectivity index (χ4n) is 3.98. The number of rotatable bonds is 3. The first-order chi connectivity index (χ1) is 21.2. The predicted molar refractivity (Wildman–Crippen MR) is 124 cm³/mol. The number of aryl methyl sites for hydroxylation is 4. The summed E-state index contributed by atoms with van der Waals surface area (Å²) >= 11 is 0.